The number of hydrogen-bond donors (Lipinski definition) is 17. The lowest BCUT2D eigenvalue weighted by Gasteiger charge is -2.29. The summed E-state index contributed by atoms with van der Waals surface area (Å²) in [5.74, 6) is -12.4. The number of benzene rings is 2. The van der Waals surface area contributed by atoms with Crippen LogP contribution in [-0.2, 0) is 60.8 Å². The molecule has 28 heteroatoms. The van der Waals surface area contributed by atoms with E-state index in [1.165, 1.54) is 6.92 Å². The number of aromatic nitrogens is 1. The number of rotatable bonds is 33. The second-order valence-corrected chi connectivity index (χ2v) is 20.0. The van der Waals surface area contributed by atoms with Crippen molar-refractivity contribution in [3.05, 3.63) is 71.9 Å². The molecule has 440 valence electrons. The molecule has 28 nitrogen and oxygen atoms in total. The first-order chi connectivity index (χ1) is 37.6. The number of carbonyl (C=O) groups excluding carboxylic acids is 8. The van der Waals surface area contributed by atoms with Crippen molar-refractivity contribution in [2.45, 2.75) is 147 Å². The zero-order valence-corrected chi connectivity index (χ0v) is 45.4. The van der Waals surface area contributed by atoms with Crippen LogP contribution in [0.3, 0.4) is 0 Å². The number of H-pyrrole nitrogens is 1. The summed E-state index contributed by atoms with van der Waals surface area (Å²) < 4.78 is 0. The van der Waals surface area contributed by atoms with E-state index in [2.05, 4.69) is 52.5 Å². The van der Waals surface area contributed by atoms with E-state index in [1.807, 2.05) is 0 Å². The largest absolute Gasteiger partial charge is 0.481 e. The normalized spacial score (nSPS) is 15.4. The minimum absolute atomic E-state index is 0.0557. The van der Waals surface area contributed by atoms with E-state index >= 15 is 0 Å². The van der Waals surface area contributed by atoms with Crippen molar-refractivity contribution in [3.8, 4) is 0 Å². The lowest BCUT2D eigenvalue weighted by Crippen LogP contribution is -2.63. The van der Waals surface area contributed by atoms with E-state index in [0.29, 0.717) is 22.0 Å². The van der Waals surface area contributed by atoms with Gasteiger partial charge in [0.25, 0.3) is 0 Å². The quantitative estimate of drug-likeness (QED) is 0.0158. The van der Waals surface area contributed by atoms with Crippen LogP contribution in [0.4, 0.5) is 0 Å². The number of nitrogens with two attached hydrogens (primary N) is 3. The van der Waals surface area contributed by atoms with Gasteiger partial charge in [0, 0.05) is 36.5 Å². The Kier molecular flexibility index (Phi) is 26.4. The first-order valence-corrected chi connectivity index (χ1v) is 25.9. The fraction of sp³-hybridized carbons (Fsp3) is 0.519. The molecule has 0 spiro atoms. The summed E-state index contributed by atoms with van der Waals surface area (Å²) >= 11 is 0. The Morgan fingerprint density at radius 1 is 0.575 bits per heavy atom. The van der Waals surface area contributed by atoms with Gasteiger partial charge in [-0.3, -0.25) is 48.1 Å². The summed E-state index contributed by atoms with van der Waals surface area (Å²) in [5, 5.41) is 70.7. The van der Waals surface area contributed by atoms with Gasteiger partial charge >= 0.3 is 11.9 Å². The standard InChI is InChI=1S/C52H77N13O15/c1-25(2)19-34(44(72)61-36(22-39(69)70)46(74)62-37(51(79)80)21-30-23-57-32-16-11-10-15-31(30)32)59-45(73)35(20-29-13-8-7-9-14-29)60-47(75)38(24-66)63-50(78)42(28(6)68)65-49(77)41(26(3)4)64-43(71)33(17-12-18-56-52(54)55)58-48(76)40(53)27(5)67/h7-11,13-16,23,25-28,33-38,40-42,57,66-68H,12,17-22,24,53H2,1-6H3,(H,58,76)(H,59,73)(H,60,75)(H,61,72)(H,62,74)(H,63,78)(H,64,71)(H,65,77)(H,69,70)(H,79,80)(H4,54,55,56)/t27-,28-,33+,34+,35+,36+,37+,38+,40+,41+,42+/m1/s1. The number of nitrogens with one attached hydrogen (secondary N) is 9. The van der Waals surface area contributed by atoms with Crippen LogP contribution in [-0.4, -0.2) is 175 Å². The summed E-state index contributed by atoms with van der Waals surface area (Å²) in [6, 6.07) is 0.971. The molecule has 1 heterocycles. The van der Waals surface area contributed by atoms with Gasteiger partial charge in [-0.15, -0.1) is 0 Å². The highest BCUT2D eigenvalue weighted by Crippen LogP contribution is 2.20. The zero-order valence-electron chi connectivity index (χ0n) is 45.4. The number of amides is 8. The van der Waals surface area contributed by atoms with Gasteiger partial charge in [0.05, 0.1) is 25.2 Å². The third kappa shape index (κ3) is 21.2. The number of guanidine groups is 1. The van der Waals surface area contributed by atoms with Crippen LogP contribution in [0.25, 0.3) is 10.9 Å². The molecule has 0 fully saturated rings. The van der Waals surface area contributed by atoms with Crippen molar-refractivity contribution < 1.29 is 73.5 Å². The predicted molar refractivity (Wildman–Crippen MR) is 290 cm³/mol. The molecule has 0 aliphatic heterocycles. The first kappa shape index (κ1) is 66.1. The number of aliphatic imine (C=N–C) groups is 1. The van der Waals surface area contributed by atoms with Crippen LogP contribution >= 0.6 is 0 Å². The molecule has 8 amide bonds. The van der Waals surface area contributed by atoms with Crippen LogP contribution in [0.1, 0.15) is 78.4 Å². The second kappa shape index (κ2) is 32.0. The number of para-hydroxylation sites is 1. The number of aromatic amines is 1. The van der Waals surface area contributed by atoms with E-state index in [9.17, 15) is 73.5 Å². The molecule has 20 N–H and O–H groups in total. The minimum atomic E-state index is -1.85. The molecular formula is C52H77N13O15. The van der Waals surface area contributed by atoms with Crippen LogP contribution in [0.15, 0.2) is 65.8 Å². The van der Waals surface area contributed by atoms with Gasteiger partial charge < -0.3 is 90.3 Å². The number of nitrogens with zero attached hydrogens (tertiary/aromatic N) is 1. The number of carbonyl (C=O) groups is 10. The number of hydrogen-bond acceptors (Lipinski definition) is 15. The average Bonchev–Trinajstić information content (AvgIpc) is 3.80. The Labute approximate surface area is 461 Å². The average molecular weight is 1120 g/mol. The molecule has 0 aliphatic carbocycles. The number of aliphatic hydroxyl groups is 3. The fourth-order valence-electron chi connectivity index (χ4n) is 8.11. The monoisotopic (exact) mass is 1120 g/mol. The smallest absolute Gasteiger partial charge is 0.326 e. The molecule has 0 aliphatic rings. The van der Waals surface area contributed by atoms with Crippen molar-refractivity contribution >= 4 is 76.1 Å². The molecule has 3 aromatic rings. The topological polar surface area (TPSA) is 474 Å². The Bertz CT molecular complexity index is 2640. The SMILES string of the molecule is CC(C)C[C@H](NC(=O)[C@H](Cc1ccccc1)NC(=O)[C@H](CO)NC(=O)[C@@H](NC(=O)[C@@H](NC(=O)[C@H](CCCN=C(N)N)NC(=O)[C@@H](N)[C@@H](C)O)C(C)C)[C@@H](C)O)C(=O)N[C@@H](CC(=O)O)C(=O)N[C@@H](Cc1c[nH]c2ccccc12)C(=O)O. The third-order valence-electron chi connectivity index (χ3n) is 12.5. The van der Waals surface area contributed by atoms with E-state index in [1.54, 1.807) is 88.5 Å². The van der Waals surface area contributed by atoms with Crippen molar-refractivity contribution in [1.29, 1.82) is 0 Å². The Balaban J connectivity index is 1.83. The van der Waals surface area contributed by atoms with E-state index in [4.69, 9.17) is 17.2 Å². The summed E-state index contributed by atoms with van der Waals surface area (Å²) in [5.41, 5.74) is 18.3. The van der Waals surface area contributed by atoms with Crippen LogP contribution < -0.4 is 59.7 Å². The van der Waals surface area contributed by atoms with Crippen molar-refractivity contribution in [1.82, 2.24) is 47.5 Å². The number of carboxylic acid groups (broad SMARTS) is 2. The summed E-state index contributed by atoms with van der Waals surface area (Å²) in [7, 11) is 0. The highest BCUT2D eigenvalue weighted by Gasteiger charge is 2.37. The van der Waals surface area contributed by atoms with Crippen molar-refractivity contribution in [2.75, 3.05) is 13.2 Å². The highest BCUT2D eigenvalue weighted by atomic mass is 16.4. The molecule has 80 heavy (non-hydrogen) atoms. The highest BCUT2D eigenvalue weighted by molar-refractivity contribution is 5.99. The van der Waals surface area contributed by atoms with Gasteiger partial charge in [0.2, 0.25) is 47.3 Å². The lowest BCUT2D eigenvalue weighted by molar-refractivity contribution is -0.143. The molecular weight excluding hydrogens is 1050 g/mol. The maximum atomic E-state index is 14.3. The van der Waals surface area contributed by atoms with Gasteiger partial charge in [-0.05, 0) is 62.1 Å². The number of aliphatic hydroxyl groups excluding tert-OH is 3. The Morgan fingerprint density at radius 3 is 1.66 bits per heavy atom. The van der Waals surface area contributed by atoms with E-state index in [-0.39, 0.29) is 50.5 Å². The molecule has 3 rings (SSSR count). The van der Waals surface area contributed by atoms with Crippen LogP contribution in [0.2, 0.25) is 0 Å². The molecule has 0 saturated heterocycles. The number of fused-ring (bicyclic) bond motifs is 1. The fourth-order valence-corrected chi connectivity index (χ4v) is 8.11. The Morgan fingerprint density at radius 2 is 1.09 bits per heavy atom. The summed E-state index contributed by atoms with van der Waals surface area (Å²) in [4.78, 5) is 141. The van der Waals surface area contributed by atoms with Gasteiger partial charge in [-0.25, -0.2) is 4.79 Å². The predicted octanol–water partition coefficient (Wildman–Crippen LogP) is -3.77. The molecule has 1 aromatic heterocycles. The van der Waals surface area contributed by atoms with Crippen molar-refractivity contribution in [3.63, 3.8) is 0 Å². The molecule has 0 bridgehead atoms. The number of carboxylic acids is 2. The molecule has 0 saturated carbocycles. The second-order valence-electron chi connectivity index (χ2n) is 20.0. The van der Waals surface area contributed by atoms with Gasteiger partial charge in [0.1, 0.15) is 54.4 Å². The molecule has 2 aromatic carbocycles. The summed E-state index contributed by atoms with van der Waals surface area (Å²) in [6.07, 6.45) is -2.79. The number of aliphatic carboxylic acids is 2. The van der Waals surface area contributed by atoms with E-state index < -0.39 is 145 Å². The Hall–Kier alpha value is -8.21. The third-order valence-corrected chi connectivity index (χ3v) is 12.5. The van der Waals surface area contributed by atoms with Crippen LogP contribution in [0.5, 0.6) is 0 Å². The van der Waals surface area contributed by atoms with Gasteiger partial charge in [0.15, 0.2) is 5.96 Å². The minimum Gasteiger partial charge on any atom is -0.481 e. The van der Waals surface area contributed by atoms with E-state index in [0.717, 1.165) is 6.92 Å². The van der Waals surface area contributed by atoms with Crippen molar-refractivity contribution in [2.24, 2.45) is 34.0 Å². The lowest BCUT2D eigenvalue weighted by atomic mass is 10.00. The maximum Gasteiger partial charge on any atom is 0.326 e. The zero-order chi connectivity index (χ0) is 60.0. The van der Waals surface area contributed by atoms with Gasteiger partial charge in [-0.2, -0.15) is 0 Å². The molecule has 0 unspecified atom stereocenters. The summed E-state index contributed by atoms with van der Waals surface area (Å²) in [6.45, 7) is 7.87. The maximum absolute atomic E-state index is 14.3. The molecule has 0 radical (unpaired) electrons. The molecule has 11 atom stereocenters. The first-order valence-electron chi connectivity index (χ1n) is 25.9. The van der Waals surface area contributed by atoms with Gasteiger partial charge in [-0.1, -0.05) is 76.2 Å². The van der Waals surface area contributed by atoms with Crippen LogP contribution in [0, 0.1) is 11.8 Å².